The van der Waals surface area contributed by atoms with Gasteiger partial charge >= 0.3 is 12.2 Å². The molecule has 0 spiro atoms. The van der Waals surface area contributed by atoms with Gasteiger partial charge in [0.15, 0.2) is 0 Å². The number of hydrazine groups is 1. The molecule has 20 nitrogen and oxygen atoms in total. The lowest BCUT2D eigenvalue weighted by atomic mass is 9.85. The predicted molar refractivity (Wildman–Crippen MR) is 270 cm³/mol. The van der Waals surface area contributed by atoms with Gasteiger partial charge in [-0.2, -0.15) is 0 Å². The summed E-state index contributed by atoms with van der Waals surface area (Å²) >= 11 is 0. The second-order valence-electron chi connectivity index (χ2n) is 18.8. The molecule has 1 aromatic heterocycles. The van der Waals surface area contributed by atoms with E-state index in [2.05, 4.69) is 26.4 Å². The number of carbonyl (C=O) groups is 4. The quantitative estimate of drug-likeness (QED) is 0.0408. The largest absolute Gasteiger partial charge is 0.453 e. The van der Waals surface area contributed by atoms with Gasteiger partial charge in [0, 0.05) is 32.0 Å². The first-order valence-corrected chi connectivity index (χ1v) is 24.3. The van der Waals surface area contributed by atoms with Crippen LogP contribution < -0.4 is 21.4 Å². The lowest BCUT2D eigenvalue weighted by Crippen LogP contribution is -2.61. The summed E-state index contributed by atoms with van der Waals surface area (Å²) < 4.78 is 47.9. The molecule has 0 radical (unpaired) electrons. The fourth-order valence-electron chi connectivity index (χ4n) is 6.90. The molecule has 4 amide bonds. The molecule has 402 valence electrons. The molecule has 0 aliphatic rings. The van der Waals surface area contributed by atoms with Crippen LogP contribution in [0.3, 0.4) is 0 Å². The lowest BCUT2D eigenvalue weighted by molar-refractivity contribution is -0.132. The summed E-state index contributed by atoms with van der Waals surface area (Å²) in [6.07, 6.45) is -0.952. The molecule has 0 fully saturated rings. The van der Waals surface area contributed by atoms with Crippen molar-refractivity contribution >= 4 is 24.0 Å². The van der Waals surface area contributed by atoms with E-state index >= 15 is 0 Å². The van der Waals surface area contributed by atoms with E-state index in [1.807, 2.05) is 72.8 Å². The molecule has 20 heteroatoms. The van der Waals surface area contributed by atoms with Crippen molar-refractivity contribution in [1.82, 2.24) is 31.4 Å². The van der Waals surface area contributed by atoms with Gasteiger partial charge in [-0.15, -0.1) is 0 Å². The predicted octanol–water partition coefficient (Wildman–Crippen LogP) is 4.33. The molecule has 1 heterocycles. The molecule has 0 saturated heterocycles. The van der Waals surface area contributed by atoms with Crippen LogP contribution in [-0.2, 0) is 65.2 Å². The number of pyridine rings is 1. The first-order valence-electron chi connectivity index (χ1n) is 24.3. The van der Waals surface area contributed by atoms with Crippen LogP contribution in [0.5, 0.6) is 0 Å². The highest BCUT2D eigenvalue weighted by Crippen LogP contribution is 2.23. The summed E-state index contributed by atoms with van der Waals surface area (Å²) in [4.78, 5) is 58.1. The Hall–Kier alpha value is -5.29. The second-order valence-corrected chi connectivity index (χ2v) is 18.8. The van der Waals surface area contributed by atoms with Gasteiger partial charge in [0.1, 0.15) is 18.7 Å². The van der Waals surface area contributed by atoms with Crippen LogP contribution in [0.25, 0.3) is 11.3 Å². The number of nitrogens with one attached hydrogen (secondary N) is 4. The molecule has 3 rings (SSSR count). The average molecular weight is 1010 g/mol. The molecule has 0 aliphatic carbocycles. The number of amides is 4. The number of benzene rings is 2. The zero-order chi connectivity index (χ0) is 52.6. The third-order valence-electron chi connectivity index (χ3n) is 10.8. The fourth-order valence-corrected chi connectivity index (χ4v) is 6.90. The third kappa shape index (κ3) is 25.4. The number of methoxy groups -OCH3 is 2. The number of hydrogen-bond acceptors (Lipinski definition) is 16. The Bertz CT molecular complexity index is 1950. The van der Waals surface area contributed by atoms with Crippen molar-refractivity contribution in [2.24, 2.45) is 10.8 Å². The monoisotopic (exact) mass is 1010 g/mol. The van der Waals surface area contributed by atoms with Crippen LogP contribution in [0.4, 0.5) is 9.59 Å². The molecule has 2 aromatic carbocycles. The number of aliphatic hydroxyl groups excluding tert-OH is 1. The van der Waals surface area contributed by atoms with Crippen molar-refractivity contribution in [3.63, 3.8) is 0 Å². The zero-order valence-corrected chi connectivity index (χ0v) is 43.5. The van der Waals surface area contributed by atoms with Crippen molar-refractivity contribution in [3.05, 3.63) is 90.1 Å². The topological polar surface area (TPSA) is 236 Å². The Morgan fingerprint density at radius 3 is 1.54 bits per heavy atom. The third-order valence-corrected chi connectivity index (χ3v) is 10.8. The number of rotatable bonds is 35. The minimum atomic E-state index is -1.27. The summed E-state index contributed by atoms with van der Waals surface area (Å²) in [6.45, 7) is 16.1. The van der Waals surface area contributed by atoms with E-state index in [0.29, 0.717) is 72.7 Å². The minimum Gasteiger partial charge on any atom is -0.453 e. The van der Waals surface area contributed by atoms with Gasteiger partial charge in [0.2, 0.25) is 5.91 Å². The Morgan fingerprint density at radius 2 is 1.06 bits per heavy atom. The zero-order valence-electron chi connectivity index (χ0n) is 43.5. The van der Waals surface area contributed by atoms with Crippen molar-refractivity contribution in [2.45, 2.75) is 78.7 Å². The van der Waals surface area contributed by atoms with Crippen LogP contribution in [-0.4, -0.2) is 177 Å². The molecular weight excluding hydrogens is 933 g/mol. The summed E-state index contributed by atoms with van der Waals surface area (Å²) in [5, 5.41) is 22.0. The Balaban J connectivity index is 1.56. The standard InChI is InChI=1S/C52H80N6O14/c1-51(2,3)45(56-50(63)72-35-34-71-33-32-70-31-30-69-29-28-68-27-26-67-25-24-66-23-22-64-7)47(60)54-43(36-39-14-10-9-11-15-39)44(59)38-58(57-48(61)46(52(4,5)6)55-49(62)65-8)37-40-17-19-41(20-18-40)42-16-12-13-21-53-42/h9-21,43-46,59H,22-38H2,1-8H3,(H,54,60)(H,55,62)(H,56,63)(H,57,61). The minimum absolute atomic E-state index is 0.0748. The van der Waals surface area contributed by atoms with Crippen molar-refractivity contribution in [2.75, 3.05) is 113 Å². The smallest absolute Gasteiger partial charge is 0.407 e. The van der Waals surface area contributed by atoms with Crippen LogP contribution in [0.1, 0.15) is 52.7 Å². The van der Waals surface area contributed by atoms with Crippen LogP contribution in [0.2, 0.25) is 0 Å². The summed E-state index contributed by atoms with van der Waals surface area (Å²) in [6, 6.07) is 19.6. The van der Waals surface area contributed by atoms with E-state index in [9.17, 15) is 24.3 Å². The number of carbonyl (C=O) groups excluding carboxylic acids is 4. The normalized spacial score (nSPS) is 13.4. The van der Waals surface area contributed by atoms with Gasteiger partial charge in [0.25, 0.3) is 5.91 Å². The van der Waals surface area contributed by atoms with Gasteiger partial charge in [-0.05, 0) is 40.5 Å². The van der Waals surface area contributed by atoms with Crippen LogP contribution in [0, 0.1) is 10.8 Å². The molecule has 5 N–H and O–H groups in total. The molecule has 3 aromatic rings. The molecule has 72 heavy (non-hydrogen) atoms. The molecule has 4 unspecified atom stereocenters. The summed E-state index contributed by atoms with van der Waals surface area (Å²) in [5.74, 6) is -1.10. The summed E-state index contributed by atoms with van der Waals surface area (Å²) in [5.41, 5.74) is 4.70. The first kappa shape index (κ1) is 61.0. The van der Waals surface area contributed by atoms with Gasteiger partial charge in [-0.1, -0.05) is 102 Å². The SMILES string of the molecule is COCCOCCOCCOCCOCCOCCOCCOC(=O)NC(C(=O)NC(Cc1ccccc1)C(O)CN(Cc1ccc(-c2ccccn2)cc1)NC(=O)C(NC(=O)OC)C(C)(C)C)C(C)(C)C. The Labute approximate surface area is 425 Å². The molecule has 0 saturated carbocycles. The van der Waals surface area contributed by atoms with Crippen molar-refractivity contribution < 1.29 is 66.9 Å². The number of hydrogen-bond donors (Lipinski definition) is 5. The van der Waals surface area contributed by atoms with Gasteiger partial charge in [-0.25, -0.2) is 14.6 Å². The molecular formula is C52H80N6O14. The highest BCUT2D eigenvalue weighted by Gasteiger charge is 2.37. The van der Waals surface area contributed by atoms with Gasteiger partial charge < -0.3 is 63.7 Å². The second kappa shape index (κ2) is 34.2. The van der Waals surface area contributed by atoms with E-state index in [4.69, 9.17) is 42.6 Å². The highest BCUT2D eigenvalue weighted by atomic mass is 16.6. The van der Waals surface area contributed by atoms with E-state index < -0.39 is 59.1 Å². The maximum absolute atomic E-state index is 14.2. The van der Waals surface area contributed by atoms with E-state index in [1.165, 1.54) is 7.11 Å². The number of aliphatic hydroxyl groups is 1. The highest BCUT2D eigenvalue weighted by molar-refractivity contribution is 5.87. The maximum Gasteiger partial charge on any atom is 0.407 e. The van der Waals surface area contributed by atoms with E-state index in [0.717, 1.165) is 22.4 Å². The Kier molecular flexibility index (Phi) is 29.0. The fraction of sp³-hybridized carbons (Fsp3) is 0.596. The molecule has 0 bridgehead atoms. The number of alkyl carbamates (subject to hydrolysis) is 2. The van der Waals surface area contributed by atoms with Crippen molar-refractivity contribution in [3.8, 4) is 11.3 Å². The van der Waals surface area contributed by atoms with Crippen LogP contribution in [0.15, 0.2) is 79.0 Å². The first-order chi connectivity index (χ1) is 34.5. The molecule has 0 aliphatic heterocycles. The van der Waals surface area contributed by atoms with Gasteiger partial charge in [0.05, 0.1) is 111 Å². The van der Waals surface area contributed by atoms with E-state index in [-0.39, 0.29) is 39.3 Å². The summed E-state index contributed by atoms with van der Waals surface area (Å²) in [7, 11) is 2.84. The number of aromatic nitrogens is 1. The van der Waals surface area contributed by atoms with Crippen molar-refractivity contribution in [1.29, 1.82) is 0 Å². The number of ether oxygens (including phenoxy) is 9. The average Bonchev–Trinajstić information content (AvgIpc) is 3.35. The number of nitrogens with zero attached hydrogens (tertiary/aromatic N) is 2. The lowest BCUT2D eigenvalue weighted by Gasteiger charge is -2.35. The Morgan fingerprint density at radius 1 is 0.569 bits per heavy atom. The van der Waals surface area contributed by atoms with Gasteiger partial charge in [-0.3, -0.25) is 20.0 Å². The van der Waals surface area contributed by atoms with Crippen LogP contribution >= 0.6 is 0 Å². The van der Waals surface area contributed by atoms with E-state index in [1.54, 1.807) is 59.9 Å². The molecule has 4 atom stereocenters. The maximum atomic E-state index is 14.2.